The zero-order valence-electron chi connectivity index (χ0n) is 11.4. The molecule has 1 aromatic rings. The van der Waals surface area contributed by atoms with Crippen molar-refractivity contribution >= 4 is 35.3 Å². The van der Waals surface area contributed by atoms with Gasteiger partial charge < -0.3 is 0 Å². The zero-order valence-corrected chi connectivity index (χ0v) is 13.0. The fraction of sp³-hybridized carbons (Fsp3) is 0.333. The summed E-state index contributed by atoms with van der Waals surface area (Å²) in [6.45, 7) is 3.93. The number of hydrazine groups is 2. The van der Waals surface area contributed by atoms with Crippen LogP contribution in [-0.4, -0.2) is 23.3 Å². The summed E-state index contributed by atoms with van der Waals surface area (Å²) in [6, 6.07) is 3.36. The fourth-order valence-corrected chi connectivity index (χ4v) is 3.26. The summed E-state index contributed by atoms with van der Waals surface area (Å²) >= 11 is 2.94. The van der Waals surface area contributed by atoms with Crippen LogP contribution in [0.15, 0.2) is 21.9 Å². The first-order chi connectivity index (χ1) is 9.58. The number of thioether (sulfide) groups is 2. The maximum absolute atomic E-state index is 11.8. The minimum absolute atomic E-state index is 0.376. The number of nitrogens with one attached hydrogen (secondary N) is 2. The number of carbonyl (C=O) groups is 2. The number of nitrogens with two attached hydrogens (primary N) is 2. The van der Waals surface area contributed by atoms with Gasteiger partial charge in [-0.3, -0.25) is 20.4 Å². The second-order valence-electron chi connectivity index (χ2n) is 3.66. The molecule has 6 nitrogen and oxygen atoms in total. The van der Waals surface area contributed by atoms with Crippen molar-refractivity contribution in [3.63, 3.8) is 0 Å². The number of amides is 2. The number of carbonyl (C=O) groups excluding carboxylic acids is 2. The van der Waals surface area contributed by atoms with Crippen LogP contribution in [0.3, 0.4) is 0 Å². The van der Waals surface area contributed by atoms with E-state index in [4.69, 9.17) is 11.7 Å². The molecule has 110 valence electrons. The number of hydrogen-bond acceptors (Lipinski definition) is 6. The minimum atomic E-state index is -0.376. The SMILES string of the molecule is CCSc1cc(C(=O)NN)c(SCC)cc1C(=O)NN. The largest absolute Gasteiger partial charge is 0.290 e. The molecule has 0 unspecified atom stereocenters. The van der Waals surface area contributed by atoms with Crippen molar-refractivity contribution < 1.29 is 9.59 Å². The van der Waals surface area contributed by atoms with Gasteiger partial charge in [0.1, 0.15) is 0 Å². The van der Waals surface area contributed by atoms with Gasteiger partial charge in [0.2, 0.25) is 0 Å². The summed E-state index contributed by atoms with van der Waals surface area (Å²) in [4.78, 5) is 25.1. The molecule has 1 rings (SSSR count). The molecule has 0 aliphatic rings. The maximum Gasteiger partial charge on any atom is 0.266 e. The molecule has 0 saturated heterocycles. The third-order valence-corrected chi connectivity index (χ3v) is 4.31. The normalized spacial score (nSPS) is 10.2. The molecule has 0 aliphatic carbocycles. The molecule has 0 spiro atoms. The van der Waals surface area contributed by atoms with Crippen molar-refractivity contribution in [3.05, 3.63) is 23.3 Å². The Bertz CT molecular complexity index is 463. The molecule has 0 aromatic heterocycles. The average molecular weight is 314 g/mol. The lowest BCUT2D eigenvalue weighted by atomic mass is 10.1. The molecular formula is C12H18N4O2S2. The number of nitrogen functional groups attached to an aromatic ring is 2. The summed E-state index contributed by atoms with van der Waals surface area (Å²) in [7, 11) is 0. The number of hydrogen-bond donors (Lipinski definition) is 4. The third kappa shape index (κ3) is 3.89. The third-order valence-electron chi connectivity index (χ3n) is 2.43. The van der Waals surface area contributed by atoms with E-state index < -0.39 is 0 Å². The monoisotopic (exact) mass is 314 g/mol. The number of rotatable bonds is 6. The maximum atomic E-state index is 11.8. The highest BCUT2D eigenvalue weighted by Gasteiger charge is 2.18. The molecule has 0 bridgehead atoms. The summed E-state index contributed by atoms with van der Waals surface area (Å²) < 4.78 is 0. The molecule has 20 heavy (non-hydrogen) atoms. The Morgan fingerprint density at radius 1 is 0.950 bits per heavy atom. The standard InChI is InChI=1S/C12H18N4O2S2/c1-3-19-9-5-8(12(18)16-14)10(20-4-2)6-7(9)11(17)15-13/h5-6H,3-4,13-14H2,1-2H3,(H,15,17)(H,16,18). The molecule has 6 N–H and O–H groups in total. The molecule has 1 aromatic carbocycles. The van der Waals surface area contributed by atoms with E-state index in [1.165, 1.54) is 23.5 Å². The van der Waals surface area contributed by atoms with Gasteiger partial charge in [-0.25, -0.2) is 11.7 Å². The summed E-state index contributed by atoms with van der Waals surface area (Å²) in [6.07, 6.45) is 0. The Balaban J connectivity index is 3.41. The van der Waals surface area contributed by atoms with Crippen molar-refractivity contribution in [3.8, 4) is 0 Å². The van der Waals surface area contributed by atoms with Gasteiger partial charge in [-0.15, -0.1) is 23.5 Å². The predicted molar refractivity (Wildman–Crippen MR) is 82.5 cm³/mol. The zero-order chi connectivity index (χ0) is 15.1. The molecule has 0 radical (unpaired) electrons. The first-order valence-corrected chi connectivity index (χ1v) is 8.01. The smallest absolute Gasteiger partial charge is 0.266 e. The second kappa shape index (κ2) is 8.15. The number of benzene rings is 1. The van der Waals surface area contributed by atoms with Crippen LogP contribution < -0.4 is 22.5 Å². The van der Waals surface area contributed by atoms with Gasteiger partial charge in [0.05, 0.1) is 11.1 Å². The Hall–Kier alpha value is -1.22. The van der Waals surface area contributed by atoms with E-state index in [-0.39, 0.29) is 11.8 Å². The predicted octanol–water partition coefficient (Wildman–Crippen LogP) is 1.12. The van der Waals surface area contributed by atoms with Gasteiger partial charge >= 0.3 is 0 Å². The first-order valence-electron chi connectivity index (χ1n) is 6.04. The van der Waals surface area contributed by atoms with Crippen molar-refractivity contribution in [2.24, 2.45) is 11.7 Å². The van der Waals surface area contributed by atoms with Crippen LogP contribution >= 0.6 is 23.5 Å². The first kappa shape index (κ1) is 16.8. The van der Waals surface area contributed by atoms with Crippen LogP contribution in [0.5, 0.6) is 0 Å². The fourth-order valence-electron chi connectivity index (χ4n) is 1.62. The average Bonchev–Trinajstić information content (AvgIpc) is 2.47. The van der Waals surface area contributed by atoms with E-state index in [9.17, 15) is 9.59 Å². The lowest BCUT2D eigenvalue weighted by molar-refractivity contribution is 0.0937. The van der Waals surface area contributed by atoms with Gasteiger partial charge in [-0.05, 0) is 23.6 Å². The molecule has 2 amide bonds. The van der Waals surface area contributed by atoms with E-state index in [1.807, 2.05) is 13.8 Å². The van der Waals surface area contributed by atoms with Crippen LogP contribution in [0.2, 0.25) is 0 Å². The highest BCUT2D eigenvalue weighted by molar-refractivity contribution is 7.99. The van der Waals surface area contributed by atoms with E-state index in [0.29, 0.717) is 20.9 Å². The van der Waals surface area contributed by atoms with Crippen molar-refractivity contribution in [1.82, 2.24) is 10.9 Å². The quantitative estimate of drug-likeness (QED) is 0.271. The molecule has 0 aliphatic heterocycles. The van der Waals surface area contributed by atoms with Crippen molar-refractivity contribution in [2.75, 3.05) is 11.5 Å². The van der Waals surface area contributed by atoms with Crippen molar-refractivity contribution in [1.29, 1.82) is 0 Å². The summed E-state index contributed by atoms with van der Waals surface area (Å²) in [5.41, 5.74) is 5.17. The summed E-state index contributed by atoms with van der Waals surface area (Å²) in [5, 5.41) is 0. The Morgan fingerprint density at radius 2 is 1.30 bits per heavy atom. The minimum Gasteiger partial charge on any atom is -0.290 e. The van der Waals surface area contributed by atoms with Gasteiger partial charge in [0.25, 0.3) is 11.8 Å². The Kier molecular flexibility index (Phi) is 6.86. The van der Waals surface area contributed by atoms with Crippen molar-refractivity contribution in [2.45, 2.75) is 23.6 Å². The molecular weight excluding hydrogens is 296 g/mol. The van der Waals surface area contributed by atoms with Crippen LogP contribution in [0.25, 0.3) is 0 Å². The van der Waals surface area contributed by atoms with Crippen LogP contribution in [0, 0.1) is 0 Å². The Morgan fingerprint density at radius 3 is 1.55 bits per heavy atom. The van der Waals surface area contributed by atoms with Gasteiger partial charge in [-0.1, -0.05) is 13.8 Å². The summed E-state index contributed by atoms with van der Waals surface area (Å²) in [5.74, 6) is 11.2. The van der Waals surface area contributed by atoms with Crippen LogP contribution in [0.4, 0.5) is 0 Å². The molecule has 0 atom stereocenters. The van der Waals surface area contributed by atoms with E-state index >= 15 is 0 Å². The lowest BCUT2D eigenvalue weighted by Crippen LogP contribution is -2.32. The lowest BCUT2D eigenvalue weighted by Gasteiger charge is -2.13. The van der Waals surface area contributed by atoms with Gasteiger partial charge in [-0.2, -0.15) is 0 Å². The van der Waals surface area contributed by atoms with Gasteiger partial charge in [0.15, 0.2) is 0 Å². The van der Waals surface area contributed by atoms with Gasteiger partial charge in [0, 0.05) is 9.79 Å². The van der Waals surface area contributed by atoms with E-state index in [2.05, 4.69) is 10.9 Å². The molecule has 0 heterocycles. The highest BCUT2D eigenvalue weighted by atomic mass is 32.2. The molecule has 0 saturated carbocycles. The topological polar surface area (TPSA) is 110 Å². The van der Waals surface area contributed by atoms with Crippen LogP contribution in [0.1, 0.15) is 34.6 Å². The highest BCUT2D eigenvalue weighted by Crippen LogP contribution is 2.31. The second-order valence-corrected chi connectivity index (χ2v) is 6.27. The van der Waals surface area contributed by atoms with Crippen LogP contribution in [-0.2, 0) is 0 Å². The molecule has 8 heteroatoms. The van der Waals surface area contributed by atoms with E-state index in [1.54, 1.807) is 12.1 Å². The van der Waals surface area contributed by atoms with E-state index in [0.717, 1.165) is 11.5 Å². The molecule has 0 fully saturated rings. The Labute approximate surface area is 126 Å².